The van der Waals surface area contributed by atoms with Crippen LogP contribution in [-0.4, -0.2) is 10.5 Å². The Morgan fingerprint density at radius 3 is 2.23 bits per heavy atom. The summed E-state index contributed by atoms with van der Waals surface area (Å²) in [6, 6.07) is 16.9. The molecule has 1 aromatic heterocycles. The van der Waals surface area contributed by atoms with Crippen LogP contribution < -0.4 is 5.32 Å². The molecule has 164 valence electrons. The van der Waals surface area contributed by atoms with Crippen molar-refractivity contribution in [2.45, 2.75) is 51.7 Å². The van der Waals surface area contributed by atoms with E-state index in [2.05, 4.69) is 17.4 Å². The number of aromatic nitrogens is 1. The Morgan fingerprint density at radius 2 is 1.58 bits per heavy atom. The van der Waals surface area contributed by atoms with Crippen LogP contribution in [0.2, 0.25) is 0 Å². The van der Waals surface area contributed by atoms with Gasteiger partial charge in [-0.15, -0.1) is 0 Å². The number of amides is 1. The fourth-order valence-corrected chi connectivity index (χ4v) is 3.80. The first kappa shape index (κ1) is 22.7. The average molecular weight is 428 g/mol. The second-order valence-electron chi connectivity index (χ2n) is 8.61. The number of nitrogens with one attached hydrogen (secondary N) is 1. The summed E-state index contributed by atoms with van der Waals surface area (Å²) < 4.78 is 41.9. The molecular weight excluding hydrogens is 401 g/mol. The van der Waals surface area contributed by atoms with Crippen LogP contribution in [0.4, 0.5) is 18.9 Å². The Morgan fingerprint density at radius 1 is 0.935 bits per heavy atom. The van der Waals surface area contributed by atoms with Gasteiger partial charge in [-0.05, 0) is 36.6 Å². The number of rotatable bonds is 6. The smallest absolute Gasteiger partial charge is 0.350 e. The topological polar surface area (TPSA) is 34.0 Å². The van der Waals surface area contributed by atoms with Crippen molar-refractivity contribution in [3.05, 3.63) is 89.2 Å². The zero-order valence-electron chi connectivity index (χ0n) is 18.0. The molecule has 0 bridgehead atoms. The maximum absolute atomic E-state index is 13.3. The van der Waals surface area contributed by atoms with Gasteiger partial charge in [-0.2, -0.15) is 13.2 Å². The van der Waals surface area contributed by atoms with E-state index in [0.29, 0.717) is 12.1 Å². The second kappa shape index (κ2) is 9.00. The van der Waals surface area contributed by atoms with E-state index in [1.165, 1.54) is 23.8 Å². The normalized spacial score (nSPS) is 12.1. The number of aryl methyl sites for hydroxylation is 2. The number of nitrogens with zero attached hydrogens (tertiary/aromatic N) is 1. The van der Waals surface area contributed by atoms with Crippen LogP contribution in [0.15, 0.2) is 66.9 Å². The number of benzene rings is 2. The molecule has 0 radical (unpaired) electrons. The molecule has 1 N–H and O–H groups in total. The first-order valence-electron chi connectivity index (χ1n) is 10.3. The number of hydrogen-bond donors (Lipinski definition) is 1. The van der Waals surface area contributed by atoms with Gasteiger partial charge in [-0.3, -0.25) is 4.79 Å². The predicted molar refractivity (Wildman–Crippen MR) is 117 cm³/mol. The summed E-state index contributed by atoms with van der Waals surface area (Å²) in [5.74, 6) is -0.538. The highest BCUT2D eigenvalue weighted by Gasteiger charge is 2.34. The first-order chi connectivity index (χ1) is 14.6. The summed E-state index contributed by atoms with van der Waals surface area (Å²) in [6.07, 6.45) is -0.904. The monoisotopic (exact) mass is 428 g/mol. The number of alkyl halides is 3. The summed E-state index contributed by atoms with van der Waals surface area (Å²) >= 11 is 0. The Hall–Kier alpha value is -3.02. The molecule has 3 rings (SSSR count). The minimum atomic E-state index is -4.54. The molecule has 3 aromatic rings. The average Bonchev–Trinajstić information content (AvgIpc) is 3.13. The molecule has 0 spiro atoms. The number of anilines is 1. The molecule has 1 heterocycles. The maximum atomic E-state index is 13.3. The van der Waals surface area contributed by atoms with E-state index < -0.39 is 17.6 Å². The molecule has 0 fully saturated rings. The summed E-state index contributed by atoms with van der Waals surface area (Å²) in [6.45, 7) is 6.71. The van der Waals surface area contributed by atoms with Crippen LogP contribution in [0.3, 0.4) is 0 Å². The molecule has 0 saturated carbocycles. The third kappa shape index (κ3) is 5.57. The molecule has 0 atom stereocenters. The number of carbonyl (C=O) groups excluding carboxylic acids is 1. The van der Waals surface area contributed by atoms with Gasteiger partial charge >= 0.3 is 6.18 Å². The highest BCUT2D eigenvalue weighted by molar-refractivity contribution is 6.05. The van der Waals surface area contributed by atoms with Gasteiger partial charge in [-0.25, -0.2) is 0 Å². The van der Waals surface area contributed by atoms with E-state index in [1.54, 1.807) is 6.07 Å². The zero-order valence-corrected chi connectivity index (χ0v) is 18.0. The Labute approximate surface area is 180 Å². The molecule has 0 aliphatic carbocycles. The Balaban J connectivity index is 1.82. The summed E-state index contributed by atoms with van der Waals surface area (Å²) in [7, 11) is 0. The fourth-order valence-electron chi connectivity index (χ4n) is 3.80. The van der Waals surface area contributed by atoms with Crippen LogP contribution in [0, 0.1) is 0 Å². The first-order valence-corrected chi connectivity index (χ1v) is 10.3. The van der Waals surface area contributed by atoms with Crippen LogP contribution in [0.5, 0.6) is 0 Å². The van der Waals surface area contributed by atoms with E-state index in [9.17, 15) is 18.0 Å². The molecule has 1 amide bonds. The number of halogens is 3. The van der Waals surface area contributed by atoms with E-state index in [1.807, 2.05) is 49.7 Å². The van der Waals surface area contributed by atoms with Gasteiger partial charge in [0.25, 0.3) is 5.91 Å². The fraction of sp³-hybridized carbons (Fsp3) is 0.320. The minimum Gasteiger partial charge on any atom is -0.350 e. The molecule has 31 heavy (non-hydrogen) atoms. The quantitative estimate of drug-likeness (QED) is 0.466. The van der Waals surface area contributed by atoms with Crippen molar-refractivity contribution < 1.29 is 18.0 Å². The SMILES string of the molecule is CC(C)(C)c1c(C(=O)Nc2ccccc2C(F)(F)F)ccn1CCCc1ccccc1. The van der Waals surface area contributed by atoms with Gasteiger partial charge in [0.15, 0.2) is 0 Å². The number of carbonyl (C=O) groups is 1. The second-order valence-corrected chi connectivity index (χ2v) is 8.61. The van der Waals surface area contributed by atoms with E-state index in [4.69, 9.17) is 0 Å². The van der Waals surface area contributed by atoms with Gasteiger partial charge < -0.3 is 9.88 Å². The van der Waals surface area contributed by atoms with Crippen LogP contribution in [0.25, 0.3) is 0 Å². The van der Waals surface area contributed by atoms with Crippen molar-refractivity contribution in [1.82, 2.24) is 4.57 Å². The van der Waals surface area contributed by atoms with Crippen molar-refractivity contribution in [3.8, 4) is 0 Å². The lowest BCUT2D eigenvalue weighted by Gasteiger charge is -2.24. The molecule has 0 aliphatic heterocycles. The van der Waals surface area contributed by atoms with E-state index in [-0.39, 0.29) is 11.1 Å². The van der Waals surface area contributed by atoms with Gasteiger partial charge in [0, 0.05) is 23.9 Å². The minimum absolute atomic E-state index is 0.239. The van der Waals surface area contributed by atoms with E-state index in [0.717, 1.165) is 24.6 Å². The van der Waals surface area contributed by atoms with Crippen molar-refractivity contribution in [2.75, 3.05) is 5.32 Å². The Kier molecular flexibility index (Phi) is 6.58. The van der Waals surface area contributed by atoms with Crippen molar-refractivity contribution in [1.29, 1.82) is 0 Å². The summed E-state index contributed by atoms with van der Waals surface area (Å²) in [5, 5.41) is 2.47. The number of hydrogen-bond acceptors (Lipinski definition) is 1. The third-order valence-electron chi connectivity index (χ3n) is 5.11. The third-order valence-corrected chi connectivity index (χ3v) is 5.11. The van der Waals surface area contributed by atoms with Crippen molar-refractivity contribution in [2.24, 2.45) is 0 Å². The molecule has 3 nitrogen and oxygen atoms in total. The standard InChI is InChI=1S/C25H27F3N2O/c1-24(2,3)22-19(15-17-30(22)16-9-12-18-10-5-4-6-11-18)23(31)29-21-14-8-7-13-20(21)25(26,27)28/h4-8,10-11,13-15,17H,9,12,16H2,1-3H3,(H,29,31). The van der Waals surface area contributed by atoms with Crippen LogP contribution in [-0.2, 0) is 24.6 Å². The lowest BCUT2D eigenvalue weighted by atomic mass is 9.89. The highest BCUT2D eigenvalue weighted by Crippen LogP contribution is 2.35. The molecule has 2 aromatic carbocycles. The molecule has 0 saturated heterocycles. The van der Waals surface area contributed by atoms with Crippen molar-refractivity contribution >= 4 is 11.6 Å². The predicted octanol–water partition coefficient (Wildman–Crippen LogP) is 6.69. The largest absolute Gasteiger partial charge is 0.418 e. The van der Waals surface area contributed by atoms with Gasteiger partial charge in [0.05, 0.1) is 16.8 Å². The molecule has 0 aliphatic rings. The molecular formula is C25H27F3N2O. The maximum Gasteiger partial charge on any atom is 0.418 e. The Bertz CT molecular complexity index is 1030. The lowest BCUT2D eigenvalue weighted by molar-refractivity contribution is -0.136. The highest BCUT2D eigenvalue weighted by atomic mass is 19.4. The van der Waals surface area contributed by atoms with Gasteiger partial charge in [-0.1, -0.05) is 63.2 Å². The van der Waals surface area contributed by atoms with Crippen LogP contribution >= 0.6 is 0 Å². The molecule has 0 unspecified atom stereocenters. The number of para-hydroxylation sites is 1. The van der Waals surface area contributed by atoms with Gasteiger partial charge in [0.2, 0.25) is 0 Å². The lowest BCUT2D eigenvalue weighted by Crippen LogP contribution is -2.24. The van der Waals surface area contributed by atoms with Gasteiger partial charge in [0.1, 0.15) is 0 Å². The summed E-state index contributed by atoms with van der Waals surface area (Å²) in [5.41, 5.74) is 0.993. The van der Waals surface area contributed by atoms with Crippen molar-refractivity contribution in [3.63, 3.8) is 0 Å². The van der Waals surface area contributed by atoms with Crippen LogP contribution in [0.1, 0.15) is 54.4 Å². The summed E-state index contributed by atoms with van der Waals surface area (Å²) in [4.78, 5) is 13.0. The zero-order chi connectivity index (χ0) is 22.6. The van der Waals surface area contributed by atoms with E-state index >= 15 is 0 Å². The molecule has 6 heteroatoms.